The van der Waals surface area contributed by atoms with Crippen molar-refractivity contribution in [2.75, 3.05) is 36.5 Å². The zero-order chi connectivity index (χ0) is 17.9. The van der Waals surface area contributed by atoms with Crippen LogP contribution in [0.3, 0.4) is 0 Å². The number of nitrogens with one attached hydrogen (secondary N) is 1. The Morgan fingerprint density at radius 1 is 1.08 bits per heavy atom. The smallest absolute Gasteiger partial charge is 0.270 e. The highest BCUT2D eigenvalue weighted by molar-refractivity contribution is 5.92. The average molecular weight is 351 g/mol. The van der Waals surface area contributed by atoms with Crippen molar-refractivity contribution in [2.24, 2.45) is 0 Å². The highest BCUT2D eigenvalue weighted by Gasteiger charge is 2.12. The van der Waals surface area contributed by atoms with Gasteiger partial charge in [0.15, 0.2) is 0 Å². The van der Waals surface area contributed by atoms with Gasteiger partial charge in [-0.1, -0.05) is 0 Å². The number of nitro benzene ring substituents is 1. The van der Waals surface area contributed by atoms with Crippen molar-refractivity contribution >= 4 is 33.8 Å². The maximum absolute atomic E-state index is 11.0. The topological polar surface area (TPSA) is 93.4 Å². The van der Waals surface area contributed by atoms with E-state index in [9.17, 15) is 10.1 Å². The van der Waals surface area contributed by atoms with Crippen molar-refractivity contribution in [3.63, 3.8) is 0 Å². The van der Waals surface area contributed by atoms with E-state index >= 15 is 0 Å². The first-order valence-corrected chi connectivity index (χ1v) is 8.30. The summed E-state index contributed by atoms with van der Waals surface area (Å²) in [7, 11) is 0. The molecule has 0 saturated carbocycles. The molecule has 3 aromatic rings. The Bertz CT molecular complexity index is 939. The van der Waals surface area contributed by atoms with Crippen LogP contribution in [0.15, 0.2) is 48.8 Å². The summed E-state index contributed by atoms with van der Waals surface area (Å²) in [5.74, 6) is 0.540. The minimum absolute atomic E-state index is 0.0121. The summed E-state index contributed by atoms with van der Waals surface area (Å²) in [4.78, 5) is 21.3. The molecule has 0 amide bonds. The van der Waals surface area contributed by atoms with Crippen molar-refractivity contribution < 1.29 is 9.66 Å². The Morgan fingerprint density at radius 3 is 2.58 bits per heavy atom. The summed E-state index contributed by atoms with van der Waals surface area (Å²) in [6.45, 7) is 3.25. The number of morpholine rings is 1. The molecule has 4 rings (SSSR count). The SMILES string of the molecule is O=[N+]([O-])c1ccc2ncnc(Nc3ccc(N4CCOCC4)cc3)c2c1. The van der Waals surface area contributed by atoms with Gasteiger partial charge in [-0.05, 0) is 30.3 Å². The molecule has 26 heavy (non-hydrogen) atoms. The third kappa shape index (κ3) is 3.27. The molecule has 0 atom stereocenters. The molecule has 8 heteroatoms. The van der Waals surface area contributed by atoms with E-state index in [1.807, 2.05) is 24.3 Å². The lowest BCUT2D eigenvalue weighted by Gasteiger charge is -2.28. The van der Waals surface area contributed by atoms with Gasteiger partial charge in [-0.3, -0.25) is 10.1 Å². The number of fused-ring (bicyclic) bond motifs is 1. The molecule has 8 nitrogen and oxygen atoms in total. The van der Waals surface area contributed by atoms with E-state index in [0.29, 0.717) is 16.7 Å². The minimum atomic E-state index is -0.423. The van der Waals surface area contributed by atoms with Crippen molar-refractivity contribution in [3.05, 3.63) is 58.9 Å². The number of nitrogens with zero attached hydrogens (tertiary/aromatic N) is 4. The summed E-state index contributed by atoms with van der Waals surface area (Å²) in [5.41, 5.74) is 2.66. The maximum atomic E-state index is 11.0. The Morgan fingerprint density at radius 2 is 1.85 bits per heavy atom. The third-order valence-electron chi connectivity index (χ3n) is 4.34. The predicted octanol–water partition coefficient (Wildman–Crippen LogP) is 3.12. The largest absolute Gasteiger partial charge is 0.378 e. The second-order valence-corrected chi connectivity index (χ2v) is 5.95. The molecule has 0 unspecified atom stereocenters. The standard InChI is InChI=1S/C18H17N5O3/c24-23(25)15-5-6-17-16(11-15)18(20-12-19-17)21-13-1-3-14(4-2-13)22-7-9-26-10-8-22/h1-6,11-12H,7-10H2,(H,19,20,21). The molecule has 1 saturated heterocycles. The van der Waals surface area contributed by atoms with Crippen LogP contribution < -0.4 is 10.2 Å². The first-order valence-electron chi connectivity index (χ1n) is 8.30. The number of rotatable bonds is 4. The lowest BCUT2D eigenvalue weighted by atomic mass is 10.2. The van der Waals surface area contributed by atoms with E-state index < -0.39 is 4.92 Å². The van der Waals surface area contributed by atoms with Crippen LogP contribution in [0.5, 0.6) is 0 Å². The minimum Gasteiger partial charge on any atom is -0.378 e. The number of aromatic nitrogens is 2. The zero-order valence-corrected chi connectivity index (χ0v) is 14.0. The first kappa shape index (κ1) is 16.2. The molecule has 0 radical (unpaired) electrons. The molecule has 1 aliphatic heterocycles. The van der Waals surface area contributed by atoms with Crippen LogP contribution in [0, 0.1) is 10.1 Å². The van der Waals surface area contributed by atoms with Gasteiger partial charge in [-0.2, -0.15) is 0 Å². The van der Waals surface area contributed by atoms with E-state index in [1.54, 1.807) is 6.07 Å². The highest BCUT2D eigenvalue weighted by Crippen LogP contribution is 2.27. The number of anilines is 3. The molecule has 0 aliphatic carbocycles. The van der Waals surface area contributed by atoms with Crippen LogP contribution in [-0.2, 0) is 4.74 Å². The van der Waals surface area contributed by atoms with Crippen molar-refractivity contribution in [1.29, 1.82) is 0 Å². The van der Waals surface area contributed by atoms with Crippen LogP contribution >= 0.6 is 0 Å². The first-order chi connectivity index (χ1) is 12.7. The molecule has 2 heterocycles. The van der Waals surface area contributed by atoms with E-state index in [-0.39, 0.29) is 5.69 Å². The fourth-order valence-electron chi connectivity index (χ4n) is 2.97. The lowest BCUT2D eigenvalue weighted by Crippen LogP contribution is -2.36. The van der Waals surface area contributed by atoms with Gasteiger partial charge in [0.05, 0.1) is 23.7 Å². The molecule has 1 fully saturated rings. The number of hydrogen-bond acceptors (Lipinski definition) is 7. The Labute approximate surface area is 149 Å². The van der Waals surface area contributed by atoms with E-state index in [1.165, 1.54) is 18.5 Å². The van der Waals surface area contributed by atoms with E-state index in [4.69, 9.17) is 4.74 Å². The number of hydrogen-bond donors (Lipinski definition) is 1. The molecular formula is C18H17N5O3. The van der Waals surface area contributed by atoms with Crippen LogP contribution in [-0.4, -0.2) is 41.2 Å². The van der Waals surface area contributed by atoms with Gasteiger partial charge in [-0.15, -0.1) is 0 Å². The molecule has 0 bridgehead atoms. The van der Waals surface area contributed by atoms with Gasteiger partial charge in [0.1, 0.15) is 12.1 Å². The fraction of sp³-hybridized carbons (Fsp3) is 0.222. The highest BCUT2D eigenvalue weighted by atomic mass is 16.6. The predicted molar refractivity (Wildman–Crippen MR) is 98.9 cm³/mol. The van der Waals surface area contributed by atoms with Crippen LogP contribution in [0.2, 0.25) is 0 Å². The fourth-order valence-corrected chi connectivity index (χ4v) is 2.97. The second kappa shape index (κ2) is 6.93. The summed E-state index contributed by atoms with van der Waals surface area (Å²) >= 11 is 0. The number of nitro groups is 1. The zero-order valence-electron chi connectivity index (χ0n) is 14.0. The maximum Gasteiger partial charge on any atom is 0.270 e. The van der Waals surface area contributed by atoms with Gasteiger partial charge >= 0.3 is 0 Å². The van der Waals surface area contributed by atoms with Crippen molar-refractivity contribution in [3.8, 4) is 0 Å². The number of non-ortho nitro benzene ring substituents is 1. The Balaban J connectivity index is 1.60. The van der Waals surface area contributed by atoms with Crippen LogP contribution in [0.25, 0.3) is 10.9 Å². The van der Waals surface area contributed by atoms with Gasteiger partial charge < -0.3 is 15.0 Å². The van der Waals surface area contributed by atoms with Crippen molar-refractivity contribution in [1.82, 2.24) is 9.97 Å². The molecule has 1 aliphatic rings. The summed E-state index contributed by atoms with van der Waals surface area (Å²) in [6.07, 6.45) is 1.44. The molecule has 2 aromatic carbocycles. The summed E-state index contributed by atoms with van der Waals surface area (Å²) in [6, 6.07) is 12.6. The third-order valence-corrected chi connectivity index (χ3v) is 4.34. The molecule has 1 N–H and O–H groups in total. The monoisotopic (exact) mass is 351 g/mol. The van der Waals surface area contributed by atoms with Crippen LogP contribution in [0.4, 0.5) is 22.9 Å². The van der Waals surface area contributed by atoms with Crippen LogP contribution in [0.1, 0.15) is 0 Å². The Kier molecular flexibility index (Phi) is 4.32. The number of ether oxygens (including phenoxy) is 1. The molecule has 0 spiro atoms. The second-order valence-electron chi connectivity index (χ2n) is 5.95. The molecule has 1 aromatic heterocycles. The van der Waals surface area contributed by atoms with E-state index in [2.05, 4.69) is 20.2 Å². The van der Waals surface area contributed by atoms with Crippen molar-refractivity contribution in [2.45, 2.75) is 0 Å². The Hall–Kier alpha value is -3.26. The average Bonchev–Trinajstić information content (AvgIpc) is 2.69. The normalized spacial score (nSPS) is 14.4. The summed E-state index contributed by atoms with van der Waals surface area (Å²) in [5, 5.41) is 14.9. The molecular weight excluding hydrogens is 334 g/mol. The van der Waals surface area contributed by atoms with Gasteiger partial charge in [0, 0.05) is 42.0 Å². The van der Waals surface area contributed by atoms with Gasteiger partial charge in [-0.25, -0.2) is 9.97 Å². The van der Waals surface area contributed by atoms with Gasteiger partial charge in [0.25, 0.3) is 5.69 Å². The summed E-state index contributed by atoms with van der Waals surface area (Å²) < 4.78 is 5.38. The number of benzene rings is 2. The quantitative estimate of drug-likeness (QED) is 0.570. The van der Waals surface area contributed by atoms with Gasteiger partial charge in [0.2, 0.25) is 0 Å². The lowest BCUT2D eigenvalue weighted by molar-refractivity contribution is -0.384. The molecule has 132 valence electrons. The van der Waals surface area contributed by atoms with E-state index in [0.717, 1.165) is 37.7 Å².